The summed E-state index contributed by atoms with van der Waals surface area (Å²) in [4.78, 5) is 22.8. The van der Waals surface area contributed by atoms with Crippen LogP contribution in [-0.2, 0) is 18.4 Å². The third-order valence-corrected chi connectivity index (χ3v) is 11.8. The third-order valence-electron chi connectivity index (χ3n) is 10.8. The molecule has 1 amide bonds. The second-order valence-corrected chi connectivity index (χ2v) is 18.1. The van der Waals surface area contributed by atoms with Gasteiger partial charge >= 0.3 is 7.82 Å². The molecule has 350 valence electrons. The van der Waals surface area contributed by atoms with Crippen LogP contribution in [0.1, 0.15) is 226 Å². The average Bonchev–Trinajstić information content (AvgIpc) is 3.24. The highest BCUT2D eigenvalue weighted by Crippen LogP contribution is 2.43. The maximum atomic E-state index is 12.8. The number of phosphoric acid groups is 1. The van der Waals surface area contributed by atoms with Crippen molar-refractivity contribution in [2.24, 2.45) is 5.73 Å². The third kappa shape index (κ3) is 44.3. The van der Waals surface area contributed by atoms with E-state index in [2.05, 4.69) is 67.8 Å². The van der Waals surface area contributed by atoms with Gasteiger partial charge in [-0.2, -0.15) is 0 Å². The van der Waals surface area contributed by atoms with Crippen LogP contribution in [0.2, 0.25) is 0 Å². The molecule has 0 aliphatic rings. The van der Waals surface area contributed by atoms with Crippen molar-refractivity contribution in [2.75, 3.05) is 19.8 Å². The second-order valence-electron chi connectivity index (χ2n) is 16.6. The molecule has 0 aromatic heterocycles. The molecule has 3 unspecified atom stereocenters. The van der Waals surface area contributed by atoms with Gasteiger partial charge in [-0.25, -0.2) is 4.57 Å². The highest BCUT2D eigenvalue weighted by Gasteiger charge is 2.26. The number of phosphoric ester groups is 1. The number of hydrogen-bond donors (Lipinski definition) is 4. The normalized spacial score (nSPS) is 14.4. The molecular weight excluding hydrogens is 768 g/mol. The van der Waals surface area contributed by atoms with Gasteiger partial charge in [0.05, 0.1) is 25.4 Å². The van der Waals surface area contributed by atoms with Crippen LogP contribution in [0.15, 0.2) is 60.8 Å². The summed E-state index contributed by atoms with van der Waals surface area (Å²) in [5, 5.41) is 13.7. The minimum atomic E-state index is -4.35. The molecule has 0 saturated carbocycles. The molecule has 0 saturated heterocycles. The Bertz CT molecular complexity index is 1120. The fraction of sp³-hybridized carbons (Fsp3) is 0.784. The fourth-order valence-corrected chi connectivity index (χ4v) is 7.88. The van der Waals surface area contributed by atoms with E-state index in [1.54, 1.807) is 6.08 Å². The quantitative estimate of drug-likeness (QED) is 0.0272. The Kier molecular flexibility index (Phi) is 45.3. The molecule has 0 aliphatic heterocycles. The van der Waals surface area contributed by atoms with Crippen LogP contribution >= 0.6 is 7.82 Å². The van der Waals surface area contributed by atoms with E-state index in [9.17, 15) is 19.4 Å². The number of aliphatic hydroxyl groups excluding tert-OH is 1. The van der Waals surface area contributed by atoms with Crippen molar-refractivity contribution in [3.8, 4) is 0 Å². The number of unbranched alkanes of at least 4 members (excludes halogenated alkanes) is 26. The molecule has 3 atom stereocenters. The van der Waals surface area contributed by atoms with Crippen LogP contribution in [0.4, 0.5) is 0 Å². The van der Waals surface area contributed by atoms with Gasteiger partial charge in [0, 0.05) is 13.0 Å². The van der Waals surface area contributed by atoms with Gasteiger partial charge in [0.2, 0.25) is 5.91 Å². The molecule has 0 fully saturated rings. The molecular formula is C51H95N2O6P. The Hall–Kier alpha value is -1.80. The monoisotopic (exact) mass is 863 g/mol. The number of rotatable bonds is 46. The Morgan fingerprint density at radius 3 is 1.42 bits per heavy atom. The first-order valence-corrected chi connectivity index (χ1v) is 26.4. The summed E-state index contributed by atoms with van der Waals surface area (Å²) in [6, 6.07) is -0.865. The van der Waals surface area contributed by atoms with Crippen molar-refractivity contribution in [2.45, 2.75) is 238 Å². The number of nitrogens with two attached hydrogens (primary N) is 1. The van der Waals surface area contributed by atoms with Gasteiger partial charge in [-0.15, -0.1) is 0 Å². The zero-order valence-electron chi connectivity index (χ0n) is 38.9. The first-order chi connectivity index (χ1) is 29.4. The molecule has 0 radical (unpaired) electrons. The van der Waals surface area contributed by atoms with Gasteiger partial charge in [-0.1, -0.05) is 222 Å². The smallest absolute Gasteiger partial charge is 0.387 e. The standard InChI is InChI=1S/C51H95N2O6P/c1-3-5-7-9-11-13-15-17-19-21-23-24-25-26-27-29-31-33-35-37-39-41-43-45-51(55)53-49(48-59-60(56,57)58-47-46-52)50(54)44-42-40-38-36-34-32-30-28-22-20-18-16-14-12-10-8-6-4-2/h5,7,11,13,17,19,23-24,42,44,49-50,54H,3-4,6,8-10,12,14-16,18,20-22,25-41,43,45-48,52H2,1-2H3,(H,53,55)(H,56,57)/b7-5-,13-11-,19-17-,24-23-,44-42+. The molecule has 60 heavy (non-hydrogen) atoms. The molecule has 9 heteroatoms. The van der Waals surface area contributed by atoms with E-state index in [-0.39, 0.29) is 25.7 Å². The molecule has 0 aliphatic carbocycles. The van der Waals surface area contributed by atoms with E-state index in [4.69, 9.17) is 14.8 Å². The number of carbonyl (C=O) groups excluding carboxylic acids is 1. The molecule has 8 nitrogen and oxygen atoms in total. The predicted molar refractivity (Wildman–Crippen MR) is 258 cm³/mol. The number of carbonyl (C=O) groups is 1. The summed E-state index contributed by atoms with van der Waals surface area (Å²) in [7, 11) is -4.35. The first-order valence-electron chi connectivity index (χ1n) is 24.9. The molecule has 0 rings (SSSR count). The summed E-state index contributed by atoms with van der Waals surface area (Å²) in [5.74, 6) is -0.199. The van der Waals surface area contributed by atoms with Crippen molar-refractivity contribution < 1.29 is 28.4 Å². The molecule has 5 N–H and O–H groups in total. The van der Waals surface area contributed by atoms with Gasteiger partial charge in [-0.3, -0.25) is 13.8 Å². The fourth-order valence-electron chi connectivity index (χ4n) is 7.12. The Labute approximate surface area is 370 Å². The molecule has 0 bridgehead atoms. The predicted octanol–water partition coefficient (Wildman–Crippen LogP) is 14.6. The van der Waals surface area contributed by atoms with E-state index < -0.39 is 20.0 Å². The number of hydrogen-bond acceptors (Lipinski definition) is 6. The molecule has 0 spiro atoms. The van der Waals surface area contributed by atoms with Crippen molar-refractivity contribution in [3.63, 3.8) is 0 Å². The molecule has 0 heterocycles. The maximum Gasteiger partial charge on any atom is 0.472 e. The zero-order valence-corrected chi connectivity index (χ0v) is 39.8. The van der Waals surface area contributed by atoms with Crippen LogP contribution < -0.4 is 11.1 Å². The minimum Gasteiger partial charge on any atom is -0.387 e. The van der Waals surface area contributed by atoms with Gasteiger partial charge in [-0.05, 0) is 57.8 Å². The van der Waals surface area contributed by atoms with Crippen LogP contribution in [0, 0.1) is 0 Å². The van der Waals surface area contributed by atoms with Gasteiger partial charge in [0.1, 0.15) is 0 Å². The number of aliphatic hydroxyl groups is 1. The van der Waals surface area contributed by atoms with Crippen molar-refractivity contribution in [1.29, 1.82) is 0 Å². The second kappa shape index (κ2) is 46.7. The molecule has 0 aromatic rings. The van der Waals surface area contributed by atoms with E-state index in [0.717, 1.165) is 64.2 Å². The SMILES string of the molecule is CC/C=C\C/C=C\C/C=C\C/C=C\CCCCCCCCCCCCC(=O)NC(COP(=O)(O)OCCN)C(O)/C=C/CCCCCCCCCCCCCCCCCC. The maximum absolute atomic E-state index is 12.8. The largest absolute Gasteiger partial charge is 0.472 e. The van der Waals surface area contributed by atoms with Crippen LogP contribution in [0.5, 0.6) is 0 Å². The van der Waals surface area contributed by atoms with Crippen LogP contribution in [0.3, 0.4) is 0 Å². The number of amides is 1. The van der Waals surface area contributed by atoms with Crippen LogP contribution in [-0.4, -0.2) is 47.8 Å². The summed E-state index contributed by atoms with van der Waals surface area (Å²) < 4.78 is 22.2. The minimum absolute atomic E-state index is 0.0759. The lowest BCUT2D eigenvalue weighted by atomic mass is 10.0. The highest BCUT2D eigenvalue weighted by atomic mass is 31.2. The van der Waals surface area contributed by atoms with E-state index in [1.807, 2.05) is 6.08 Å². The average molecular weight is 863 g/mol. The summed E-state index contributed by atoms with van der Waals surface area (Å²) in [6.45, 7) is 4.04. The molecule has 0 aromatic carbocycles. The van der Waals surface area contributed by atoms with Gasteiger partial charge in [0.15, 0.2) is 0 Å². The van der Waals surface area contributed by atoms with Crippen LogP contribution in [0.25, 0.3) is 0 Å². The van der Waals surface area contributed by atoms with Crippen molar-refractivity contribution in [1.82, 2.24) is 5.32 Å². The topological polar surface area (TPSA) is 131 Å². The number of allylic oxidation sites excluding steroid dienone is 9. The van der Waals surface area contributed by atoms with Crippen molar-refractivity contribution >= 4 is 13.7 Å². The Balaban J connectivity index is 4.12. The summed E-state index contributed by atoms with van der Waals surface area (Å²) in [6.07, 6.45) is 59.9. The summed E-state index contributed by atoms with van der Waals surface area (Å²) in [5.41, 5.74) is 5.39. The van der Waals surface area contributed by atoms with E-state index >= 15 is 0 Å². The number of nitrogens with one attached hydrogen (secondary N) is 1. The highest BCUT2D eigenvalue weighted by molar-refractivity contribution is 7.47. The van der Waals surface area contributed by atoms with E-state index in [0.29, 0.717) is 6.42 Å². The lowest BCUT2D eigenvalue weighted by Gasteiger charge is -2.23. The summed E-state index contributed by atoms with van der Waals surface area (Å²) >= 11 is 0. The van der Waals surface area contributed by atoms with Gasteiger partial charge in [0.25, 0.3) is 0 Å². The first kappa shape index (κ1) is 58.2. The Morgan fingerprint density at radius 2 is 0.967 bits per heavy atom. The van der Waals surface area contributed by atoms with E-state index in [1.165, 1.54) is 141 Å². The zero-order chi connectivity index (χ0) is 43.9. The lowest BCUT2D eigenvalue weighted by Crippen LogP contribution is -2.45. The van der Waals surface area contributed by atoms with Crippen molar-refractivity contribution in [3.05, 3.63) is 60.8 Å². The lowest BCUT2D eigenvalue weighted by molar-refractivity contribution is -0.123. The Morgan fingerprint density at radius 1 is 0.567 bits per heavy atom. The van der Waals surface area contributed by atoms with Gasteiger partial charge < -0.3 is 21.1 Å².